The number of nitrogens with zero attached hydrogens (tertiary/aromatic N) is 2. The lowest BCUT2D eigenvalue weighted by Gasteiger charge is -2.49. The molecule has 1 saturated carbocycles. The fourth-order valence-electron chi connectivity index (χ4n) is 3.09. The van der Waals surface area contributed by atoms with Gasteiger partial charge in [-0.3, -0.25) is 0 Å². The van der Waals surface area contributed by atoms with Gasteiger partial charge >= 0.3 is 0 Å². The van der Waals surface area contributed by atoms with Crippen LogP contribution in [0.2, 0.25) is 0 Å². The Balaban J connectivity index is 2.13. The molecule has 0 N–H and O–H groups in total. The van der Waals surface area contributed by atoms with E-state index >= 15 is 0 Å². The number of hydrogen-bond acceptors (Lipinski definition) is 2. The van der Waals surface area contributed by atoms with E-state index in [1.807, 2.05) is 0 Å². The first-order chi connectivity index (χ1) is 8.98. The molecule has 1 aromatic rings. The number of aryl methyl sites for hydroxylation is 1. The average molecular weight is 281 g/mol. The molecule has 1 aliphatic rings. The summed E-state index contributed by atoms with van der Waals surface area (Å²) in [5.74, 6) is 0.590. The number of hydrogen-bond donors (Lipinski definition) is 0. The van der Waals surface area contributed by atoms with Crippen LogP contribution >= 0.6 is 11.6 Å². The van der Waals surface area contributed by atoms with Crippen molar-refractivity contribution in [2.24, 2.45) is 0 Å². The van der Waals surface area contributed by atoms with Crippen LogP contribution in [0.5, 0.6) is 0 Å². The summed E-state index contributed by atoms with van der Waals surface area (Å²) < 4.78 is 0. The van der Waals surface area contributed by atoms with Crippen LogP contribution in [0.1, 0.15) is 30.4 Å². The maximum absolute atomic E-state index is 5.89. The Labute approximate surface area is 122 Å². The van der Waals surface area contributed by atoms with Gasteiger partial charge in [-0.05, 0) is 57.5 Å². The molecule has 0 amide bonds. The van der Waals surface area contributed by atoms with Gasteiger partial charge < -0.3 is 9.80 Å². The molecule has 0 aromatic heterocycles. The quantitative estimate of drug-likeness (QED) is 0.760. The van der Waals surface area contributed by atoms with Crippen LogP contribution in [-0.2, 0) is 5.88 Å². The summed E-state index contributed by atoms with van der Waals surface area (Å²) in [6.45, 7) is 3.27. The average Bonchev–Trinajstić information content (AvgIpc) is 2.32. The lowest BCUT2D eigenvalue weighted by molar-refractivity contribution is 0.0683. The van der Waals surface area contributed by atoms with E-state index in [1.165, 1.54) is 36.1 Å². The molecule has 0 radical (unpaired) electrons. The Kier molecular flexibility index (Phi) is 4.42. The largest absolute Gasteiger partial charge is 0.373 e. The molecule has 19 heavy (non-hydrogen) atoms. The maximum atomic E-state index is 5.89. The summed E-state index contributed by atoms with van der Waals surface area (Å²) in [4.78, 5) is 4.79. The summed E-state index contributed by atoms with van der Waals surface area (Å²) in [7, 11) is 6.61. The van der Waals surface area contributed by atoms with Crippen molar-refractivity contribution in [3.8, 4) is 0 Å². The van der Waals surface area contributed by atoms with Gasteiger partial charge in [0.05, 0.1) is 0 Å². The summed E-state index contributed by atoms with van der Waals surface area (Å²) in [5, 5.41) is 0. The van der Waals surface area contributed by atoms with Gasteiger partial charge in [0.15, 0.2) is 0 Å². The third-order valence-electron chi connectivity index (χ3n) is 4.59. The third-order valence-corrected chi connectivity index (χ3v) is 4.90. The van der Waals surface area contributed by atoms with Gasteiger partial charge in [-0.15, -0.1) is 11.6 Å². The normalized spacial score (nSPS) is 17.4. The second kappa shape index (κ2) is 5.72. The Morgan fingerprint density at radius 2 is 1.89 bits per heavy atom. The Hall–Kier alpha value is -0.730. The molecule has 106 valence electrons. The highest BCUT2D eigenvalue weighted by atomic mass is 35.5. The maximum Gasteiger partial charge on any atom is 0.0474 e. The number of likely N-dealkylation sites (N-methyl/N-ethyl adjacent to an activating group) is 2. The molecule has 2 rings (SSSR count). The number of alkyl halides is 1. The van der Waals surface area contributed by atoms with E-state index in [0.29, 0.717) is 11.4 Å². The first-order valence-electron chi connectivity index (χ1n) is 7.02. The zero-order valence-electron chi connectivity index (χ0n) is 12.5. The molecule has 0 aliphatic heterocycles. The first kappa shape index (κ1) is 14.7. The molecule has 0 spiro atoms. The smallest absolute Gasteiger partial charge is 0.0474 e. The van der Waals surface area contributed by atoms with Crippen LogP contribution < -0.4 is 4.90 Å². The van der Waals surface area contributed by atoms with Gasteiger partial charge in [-0.25, -0.2) is 0 Å². The van der Waals surface area contributed by atoms with Crippen LogP contribution in [0.25, 0.3) is 0 Å². The van der Waals surface area contributed by atoms with Crippen LogP contribution in [0.15, 0.2) is 18.2 Å². The van der Waals surface area contributed by atoms with E-state index in [2.05, 4.69) is 56.1 Å². The van der Waals surface area contributed by atoms with Crippen molar-refractivity contribution in [2.75, 3.05) is 32.6 Å². The van der Waals surface area contributed by atoms with Crippen molar-refractivity contribution in [3.05, 3.63) is 29.3 Å². The van der Waals surface area contributed by atoms with Crippen molar-refractivity contribution in [1.29, 1.82) is 0 Å². The monoisotopic (exact) mass is 280 g/mol. The van der Waals surface area contributed by atoms with E-state index < -0.39 is 0 Å². The number of anilines is 1. The zero-order valence-corrected chi connectivity index (χ0v) is 13.3. The van der Waals surface area contributed by atoms with Crippen LogP contribution in [0, 0.1) is 6.92 Å². The van der Waals surface area contributed by atoms with Crippen molar-refractivity contribution in [3.63, 3.8) is 0 Å². The second-order valence-electron chi connectivity index (χ2n) is 6.08. The molecule has 1 aromatic carbocycles. The lowest BCUT2D eigenvalue weighted by Crippen LogP contribution is -2.56. The number of benzene rings is 1. The molecule has 3 heteroatoms. The predicted octanol–water partition coefficient (Wildman–Crippen LogP) is 3.65. The minimum Gasteiger partial charge on any atom is -0.373 e. The second-order valence-corrected chi connectivity index (χ2v) is 6.35. The van der Waals surface area contributed by atoms with E-state index in [4.69, 9.17) is 11.6 Å². The van der Waals surface area contributed by atoms with Crippen molar-refractivity contribution in [1.82, 2.24) is 4.90 Å². The molecular formula is C16H25ClN2. The van der Waals surface area contributed by atoms with Gasteiger partial charge in [0.25, 0.3) is 0 Å². The van der Waals surface area contributed by atoms with E-state index in [9.17, 15) is 0 Å². The van der Waals surface area contributed by atoms with Gasteiger partial charge in [0.1, 0.15) is 0 Å². The minimum absolute atomic E-state index is 0.367. The SMILES string of the molecule is Cc1cc(CCl)ccc1N(C)CC1(N(C)C)CCC1. The zero-order chi connectivity index (χ0) is 14.0. The Morgan fingerprint density at radius 1 is 1.21 bits per heavy atom. The van der Waals surface area contributed by atoms with Crippen molar-refractivity contribution >= 4 is 17.3 Å². The Bertz CT molecular complexity index is 438. The molecular weight excluding hydrogens is 256 g/mol. The van der Waals surface area contributed by atoms with E-state index in [1.54, 1.807) is 0 Å². The molecule has 0 heterocycles. The standard InChI is InChI=1S/C16H25ClN2/c1-13-10-14(11-17)6-7-15(13)19(4)12-16(18(2)3)8-5-9-16/h6-7,10H,5,8-9,11-12H2,1-4H3. The molecule has 1 fully saturated rings. The highest BCUT2D eigenvalue weighted by Crippen LogP contribution is 2.37. The van der Waals surface area contributed by atoms with Crippen LogP contribution in [-0.4, -0.2) is 38.1 Å². The van der Waals surface area contributed by atoms with Gasteiger partial charge in [-0.2, -0.15) is 0 Å². The van der Waals surface area contributed by atoms with Crippen LogP contribution in [0.3, 0.4) is 0 Å². The fourth-order valence-corrected chi connectivity index (χ4v) is 3.25. The van der Waals surface area contributed by atoms with Crippen molar-refractivity contribution < 1.29 is 0 Å². The molecule has 0 unspecified atom stereocenters. The number of halogens is 1. The van der Waals surface area contributed by atoms with Gasteiger partial charge in [0.2, 0.25) is 0 Å². The molecule has 1 aliphatic carbocycles. The van der Waals surface area contributed by atoms with E-state index in [-0.39, 0.29) is 0 Å². The molecule has 0 atom stereocenters. The minimum atomic E-state index is 0.367. The summed E-state index contributed by atoms with van der Waals surface area (Å²) >= 11 is 5.89. The summed E-state index contributed by atoms with van der Waals surface area (Å²) in [5.41, 5.74) is 4.20. The molecule has 0 bridgehead atoms. The first-order valence-corrected chi connectivity index (χ1v) is 7.56. The topological polar surface area (TPSA) is 6.48 Å². The Morgan fingerprint density at radius 3 is 2.32 bits per heavy atom. The highest BCUT2D eigenvalue weighted by Gasteiger charge is 2.40. The van der Waals surface area contributed by atoms with Gasteiger partial charge in [-0.1, -0.05) is 12.1 Å². The third kappa shape index (κ3) is 2.90. The summed E-state index contributed by atoms with van der Waals surface area (Å²) in [6, 6.07) is 6.53. The van der Waals surface area contributed by atoms with E-state index in [0.717, 1.165) is 6.54 Å². The lowest BCUT2D eigenvalue weighted by atomic mass is 9.75. The van der Waals surface area contributed by atoms with Crippen LogP contribution in [0.4, 0.5) is 5.69 Å². The highest BCUT2D eigenvalue weighted by molar-refractivity contribution is 6.17. The predicted molar refractivity (Wildman–Crippen MR) is 84.3 cm³/mol. The van der Waals surface area contributed by atoms with Gasteiger partial charge in [0, 0.05) is 30.7 Å². The molecule has 0 saturated heterocycles. The summed E-state index contributed by atoms with van der Waals surface area (Å²) in [6.07, 6.45) is 3.97. The van der Waals surface area contributed by atoms with Crippen molar-refractivity contribution in [2.45, 2.75) is 37.6 Å². The number of rotatable bonds is 5. The molecule has 2 nitrogen and oxygen atoms in total. The fraction of sp³-hybridized carbons (Fsp3) is 0.625.